The smallest absolute Gasteiger partial charge is 0.321 e. The molecule has 0 radical (unpaired) electrons. The highest BCUT2D eigenvalue weighted by atomic mass is 35.5. The molecule has 6 nitrogen and oxygen atoms in total. The van der Waals surface area contributed by atoms with E-state index in [-0.39, 0.29) is 19.0 Å². The zero-order valence-corrected chi connectivity index (χ0v) is 18.9. The molecular formula is C23H33ClN2O4. The number of benzene rings is 1. The van der Waals surface area contributed by atoms with Crippen molar-refractivity contribution in [2.24, 2.45) is 5.41 Å². The summed E-state index contributed by atoms with van der Waals surface area (Å²) in [4.78, 5) is 23.9. The van der Waals surface area contributed by atoms with Crippen LogP contribution in [0, 0.1) is 5.41 Å². The summed E-state index contributed by atoms with van der Waals surface area (Å²) in [6, 6.07) is 6.00. The Labute approximate surface area is 184 Å². The van der Waals surface area contributed by atoms with Gasteiger partial charge in [0.25, 0.3) is 0 Å². The number of aliphatic carboxylic acids is 1. The van der Waals surface area contributed by atoms with Crippen LogP contribution >= 0.6 is 11.6 Å². The van der Waals surface area contributed by atoms with Crippen LogP contribution in [0.4, 0.5) is 4.79 Å². The number of carboxylic acids is 1. The van der Waals surface area contributed by atoms with Crippen LogP contribution < -0.4 is 5.32 Å². The molecule has 1 aromatic carbocycles. The Morgan fingerprint density at radius 1 is 1.23 bits per heavy atom. The van der Waals surface area contributed by atoms with Crippen LogP contribution in [0.25, 0.3) is 0 Å². The summed E-state index contributed by atoms with van der Waals surface area (Å²) in [5.74, 6) is -0.922. The van der Waals surface area contributed by atoms with Crippen LogP contribution in [0.15, 0.2) is 30.0 Å². The average molecular weight is 437 g/mol. The maximum atomic E-state index is 11.8. The highest BCUT2D eigenvalue weighted by Gasteiger charge is 2.18. The average Bonchev–Trinajstić information content (AvgIpc) is 2.66. The quantitative estimate of drug-likeness (QED) is 0.495. The molecule has 1 aliphatic rings. The van der Waals surface area contributed by atoms with Crippen LogP contribution in [0.3, 0.4) is 0 Å². The number of halogens is 1. The molecule has 0 fully saturated rings. The number of carbonyl (C=O) groups is 2. The molecule has 0 unspecified atom stereocenters. The van der Waals surface area contributed by atoms with E-state index in [0.717, 1.165) is 35.4 Å². The van der Waals surface area contributed by atoms with Crippen molar-refractivity contribution in [2.45, 2.75) is 52.9 Å². The fraction of sp³-hybridized carbons (Fsp3) is 0.565. The first-order valence-corrected chi connectivity index (χ1v) is 10.8. The van der Waals surface area contributed by atoms with Crippen molar-refractivity contribution in [3.05, 3.63) is 46.1 Å². The third-order valence-electron chi connectivity index (χ3n) is 5.00. The minimum Gasteiger partial charge on any atom is -0.481 e. The Balaban J connectivity index is 1.72. The van der Waals surface area contributed by atoms with E-state index < -0.39 is 5.97 Å². The SMILES string of the molecule is CC(C)(C)CCc1ccc(CCOCCC2=CN(CCC(=O)O)C(=O)NC2)cc1Cl. The Hall–Kier alpha value is -2.05. The molecule has 0 saturated carbocycles. The van der Waals surface area contributed by atoms with Crippen molar-refractivity contribution in [3.8, 4) is 0 Å². The Morgan fingerprint density at radius 3 is 2.63 bits per heavy atom. The molecule has 0 bridgehead atoms. The lowest BCUT2D eigenvalue weighted by Gasteiger charge is -2.25. The van der Waals surface area contributed by atoms with E-state index in [2.05, 4.69) is 38.2 Å². The van der Waals surface area contributed by atoms with Gasteiger partial charge in [-0.1, -0.05) is 44.5 Å². The summed E-state index contributed by atoms with van der Waals surface area (Å²) >= 11 is 6.45. The number of urea groups is 1. The topological polar surface area (TPSA) is 78.9 Å². The van der Waals surface area contributed by atoms with E-state index in [0.29, 0.717) is 31.6 Å². The Morgan fingerprint density at radius 2 is 1.97 bits per heavy atom. The number of amides is 2. The minimum atomic E-state index is -0.922. The first-order valence-electron chi connectivity index (χ1n) is 10.4. The molecule has 2 amide bonds. The van der Waals surface area contributed by atoms with Gasteiger partial charge in [0, 0.05) is 24.3 Å². The van der Waals surface area contributed by atoms with E-state index in [1.807, 2.05) is 6.07 Å². The van der Waals surface area contributed by atoms with Crippen LogP contribution in [0.1, 0.15) is 51.2 Å². The lowest BCUT2D eigenvalue weighted by atomic mass is 9.88. The number of nitrogens with one attached hydrogen (secondary N) is 1. The summed E-state index contributed by atoms with van der Waals surface area (Å²) in [5.41, 5.74) is 3.66. The molecule has 30 heavy (non-hydrogen) atoms. The molecule has 1 heterocycles. The second-order valence-corrected chi connectivity index (χ2v) is 9.29. The van der Waals surface area contributed by atoms with Gasteiger partial charge in [0.15, 0.2) is 0 Å². The van der Waals surface area contributed by atoms with Gasteiger partial charge in [-0.2, -0.15) is 0 Å². The summed E-state index contributed by atoms with van der Waals surface area (Å²) in [6.07, 6.45) is 5.22. The van der Waals surface area contributed by atoms with Crippen LogP contribution in [0.5, 0.6) is 0 Å². The van der Waals surface area contributed by atoms with Crippen molar-refractivity contribution in [3.63, 3.8) is 0 Å². The van der Waals surface area contributed by atoms with Crippen molar-refractivity contribution in [2.75, 3.05) is 26.3 Å². The number of nitrogens with zero attached hydrogens (tertiary/aromatic N) is 1. The predicted molar refractivity (Wildman–Crippen MR) is 119 cm³/mol. The van der Waals surface area contributed by atoms with Crippen LogP contribution in [-0.4, -0.2) is 48.3 Å². The molecule has 0 spiro atoms. The van der Waals surface area contributed by atoms with Crippen molar-refractivity contribution < 1.29 is 19.4 Å². The number of ether oxygens (including phenoxy) is 1. The molecular weight excluding hydrogens is 404 g/mol. The van der Waals surface area contributed by atoms with Gasteiger partial charge < -0.3 is 20.1 Å². The van der Waals surface area contributed by atoms with E-state index in [1.54, 1.807) is 6.20 Å². The van der Waals surface area contributed by atoms with Crippen molar-refractivity contribution in [1.29, 1.82) is 0 Å². The maximum Gasteiger partial charge on any atom is 0.321 e. The van der Waals surface area contributed by atoms with Gasteiger partial charge in [0.2, 0.25) is 0 Å². The lowest BCUT2D eigenvalue weighted by Crippen LogP contribution is -2.42. The number of carboxylic acid groups (broad SMARTS) is 1. The van der Waals surface area contributed by atoms with E-state index >= 15 is 0 Å². The van der Waals surface area contributed by atoms with Gasteiger partial charge >= 0.3 is 12.0 Å². The number of aryl methyl sites for hydroxylation is 1. The predicted octanol–water partition coefficient (Wildman–Crippen LogP) is 4.65. The van der Waals surface area contributed by atoms with E-state index in [9.17, 15) is 9.59 Å². The van der Waals surface area contributed by atoms with Gasteiger partial charge in [0.1, 0.15) is 0 Å². The molecule has 0 saturated heterocycles. The molecule has 1 aromatic rings. The number of rotatable bonds is 11. The number of hydrogen-bond donors (Lipinski definition) is 2. The maximum absolute atomic E-state index is 11.8. The van der Waals surface area contributed by atoms with Gasteiger partial charge in [-0.15, -0.1) is 0 Å². The zero-order chi connectivity index (χ0) is 22.1. The van der Waals surface area contributed by atoms with Gasteiger partial charge in [-0.05, 0) is 53.9 Å². The number of hydrogen-bond acceptors (Lipinski definition) is 3. The van der Waals surface area contributed by atoms with E-state index in [4.69, 9.17) is 21.4 Å². The van der Waals surface area contributed by atoms with Crippen molar-refractivity contribution in [1.82, 2.24) is 10.2 Å². The largest absolute Gasteiger partial charge is 0.481 e. The number of carbonyl (C=O) groups excluding carboxylic acids is 1. The standard InChI is InChI=1S/C23H33ClN2O4/c1-23(2,3)10-6-19-5-4-17(14-20(19)24)8-12-30-13-9-18-15-25-22(29)26(16-18)11-7-21(27)28/h4-5,14,16H,6-13,15H2,1-3H3,(H,25,29)(H,27,28). The molecule has 2 rings (SSSR count). The van der Waals surface area contributed by atoms with Crippen LogP contribution in [-0.2, 0) is 22.4 Å². The van der Waals surface area contributed by atoms with E-state index in [1.165, 1.54) is 10.5 Å². The molecule has 0 atom stereocenters. The van der Waals surface area contributed by atoms with Gasteiger partial charge in [-0.25, -0.2) is 4.79 Å². The van der Waals surface area contributed by atoms with Crippen LogP contribution in [0.2, 0.25) is 5.02 Å². The molecule has 2 N–H and O–H groups in total. The molecule has 166 valence electrons. The Kier molecular flexibility index (Phi) is 9.18. The molecule has 0 aromatic heterocycles. The second-order valence-electron chi connectivity index (χ2n) is 8.88. The Bertz CT molecular complexity index is 771. The van der Waals surface area contributed by atoms with Crippen molar-refractivity contribution >= 4 is 23.6 Å². The normalized spacial score (nSPS) is 14.5. The second kappa shape index (κ2) is 11.4. The van der Waals surface area contributed by atoms with Gasteiger partial charge in [0.05, 0.1) is 19.6 Å². The third-order valence-corrected chi connectivity index (χ3v) is 5.35. The summed E-state index contributed by atoms with van der Waals surface area (Å²) in [5, 5.41) is 12.4. The highest BCUT2D eigenvalue weighted by molar-refractivity contribution is 6.31. The fourth-order valence-electron chi connectivity index (χ4n) is 3.10. The minimum absolute atomic E-state index is 0.0781. The summed E-state index contributed by atoms with van der Waals surface area (Å²) < 4.78 is 5.75. The lowest BCUT2D eigenvalue weighted by molar-refractivity contribution is -0.137. The summed E-state index contributed by atoms with van der Waals surface area (Å²) in [7, 11) is 0. The summed E-state index contributed by atoms with van der Waals surface area (Å²) in [6.45, 7) is 8.48. The van der Waals surface area contributed by atoms with Gasteiger partial charge in [-0.3, -0.25) is 4.79 Å². The fourth-order valence-corrected chi connectivity index (χ4v) is 3.40. The molecule has 0 aliphatic carbocycles. The zero-order valence-electron chi connectivity index (χ0n) is 18.2. The molecule has 1 aliphatic heterocycles. The third kappa shape index (κ3) is 8.76. The highest BCUT2D eigenvalue weighted by Crippen LogP contribution is 2.26. The first kappa shape index (κ1) is 24.2. The monoisotopic (exact) mass is 436 g/mol. The molecule has 7 heteroatoms. The first-order chi connectivity index (χ1) is 14.1.